The lowest BCUT2D eigenvalue weighted by molar-refractivity contribution is -0.164. The van der Waals surface area contributed by atoms with E-state index in [4.69, 9.17) is 27.9 Å². The second-order valence-corrected chi connectivity index (χ2v) is 18.0. The Morgan fingerprint density at radius 3 is 2.30 bits per heavy atom. The van der Waals surface area contributed by atoms with Gasteiger partial charge in [-0.05, 0) is 99.8 Å². The number of nitrogens with zero attached hydrogens (tertiary/aromatic N) is 5. The number of hydrogen-bond acceptors (Lipinski definition) is 8. The SMILES string of the molecule is C[C@H]1C(=O)C[C@@H](CO)C(=O)N[C@@]2(Cc3ccc(Cl)cc3)CCCN(C2)C(=O)[C@H](CC(F)(F)F)CC(=O)N1Cc1c(F)cc(Cl)cc1Oc1ccc(-c2cnc(CN3CCC3)n2C)cc1. The molecule has 3 saturated heterocycles. The van der Waals surface area contributed by atoms with Crippen LogP contribution in [0.4, 0.5) is 17.6 Å². The lowest BCUT2D eigenvalue weighted by atomic mass is 9.81. The fourth-order valence-corrected chi connectivity index (χ4v) is 9.09. The highest BCUT2D eigenvalue weighted by Crippen LogP contribution is 2.36. The molecule has 0 radical (unpaired) electrons. The molecule has 0 saturated carbocycles. The molecule has 4 heterocycles. The van der Waals surface area contributed by atoms with Crippen molar-refractivity contribution in [2.24, 2.45) is 18.9 Å². The molecule has 3 aromatic carbocycles. The highest BCUT2D eigenvalue weighted by molar-refractivity contribution is 6.31. The largest absolute Gasteiger partial charge is 0.457 e. The van der Waals surface area contributed by atoms with Crippen molar-refractivity contribution in [1.29, 1.82) is 0 Å². The van der Waals surface area contributed by atoms with Gasteiger partial charge >= 0.3 is 6.18 Å². The van der Waals surface area contributed by atoms with Gasteiger partial charge in [0.25, 0.3) is 0 Å². The summed E-state index contributed by atoms with van der Waals surface area (Å²) in [4.78, 5) is 65.8. The van der Waals surface area contributed by atoms with Gasteiger partial charge in [0, 0.05) is 54.2 Å². The smallest absolute Gasteiger partial charge is 0.389 e. The van der Waals surface area contributed by atoms with Gasteiger partial charge in [0.15, 0.2) is 5.78 Å². The maximum absolute atomic E-state index is 16.1. The molecule has 3 amide bonds. The number of imidazole rings is 1. The Labute approximate surface area is 378 Å². The molecule has 2 bridgehead atoms. The molecular formula is C46H50Cl2F4N6O6. The van der Waals surface area contributed by atoms with E-state index >= 15 is 4.39 Å². The Morgan fingerprint density at radius 1 is 0.922 bits per heavy atom. The molecule has 0 unspecified atom stereocenters. The molecule has 3 aliphatic heterocycles. The van der Waals surface area contributed by atoms with Crippen LogP contribution < -0.4 is 10.1 Å². The minimum atomic E-state index is -4.87. The van der Waals surface area contributed by atoms with Gasteiger partial charge in [-0.15, -0.1) is 0 Å². The van der Waals surface area contributed by atoms with Crippen molar-refractivity contribution >= 4 is 46.7 Å². The highest BCUT2D eigenvalue weighted by atomic mass is 35.5. The summed E-state index contributed by atoms with van der Waals surface area (Å²) < 4.78 is 67.1. The second-order valence-electron chi connectivity index (χ2n) is 17.1. The number of carbonyl (C=O) groups is 4. The third kappa shape index (κ3) is 11.1. The van der Waals surface area contributed by atoms with Crippen LogP contribution in [-0.2, 0) is 45.7 Å². The number of piperidine rings is 1. The number of Topliss-reactive ketones (excluding diaryl/α,β-unsaturated/α-hetero) is 1. The molecule has 4 aromatic rings. The van der Waals surface area contributed by atoms with E-state index in [1.807, 2.05) is 11.6 Å². The van der Waals surface area contributed by atoms with E-state index in [0.29, 0.717) is 23.4 Å². The fraction of sp³-hybridized carbons (Fsp3) is 0.457. The summed E-state index contributed by atoms with van der Waals surface area (Å²) in [6, 6.07) is 14.5. The Morgan fingerprint density at radius 2 is 1.64 bits per heavy atom. The second kappa shape index (κ2) is 19.6. The van der Waals surface area contributed by atoms with Crippen molar-refractivity contribution in [2.75, 3.05) is 32.8 Å². The van der Waals surface area contributed by atoms with Gasteiger partial charge in [-0.1, -0.05) is 35.3 Å². The van der Waals surface area contributed by atoms with E-state index in [2.05, 4.69) is 15.2 Å². The zero-order chi connectivity index (χ0) is 45.9. The zero-order valence-electron chi connectivity index (χ0n) is 35.5. The standard InChI is InChI=1S/C46H50Cl2F4N6O6/c1-28-39(60)17-32(26-59)43(62)54-45(21-29-5-9-33(47)10-6-29)13-3-16-57(27-45)44(63)31(22-46(50,51)52)18-42(61)58(28)24-36-37(49)19-34(48)20-40(36)64-35-11-7-30(8-12-35)38-23-53-41(55(38)2)25-56-14-4-15-56/h5-12,19-20,23,28,31-32,59H,3-4,13-18,21-22,24-27H2,1-2H3,(H,54,62)/t28-,31-,32-,45+/m0/s1. The van der Waals surface area contributed by atoms with Gasteiger partial charge in [-0.3, -0.25) is 24.1 Å². The first-order chi connectivity index (χ1) is 30.4. The van der Waals surface area contributed by atoms with E-state index in [9.17, 15) is 37.5 Å². The first-order valence-electron chi connectivity index (χ1n) is 21.2. The van der Waals surface area contributed by atoms with Crippen molar-refractivity contribution in [2.45, 2.75) is 82.7 Å². The summed E-state index contributed by atoms with van der Waals surface area (Å²) in [7, 11) is 1.93. The van der Waals surface area contributed by atoms with Gasteiger partial charge in [-0.25, -0.2) is 9.37 Å². The van der Waals surface area contributed by atoms with Crippen molar-refractivity contribution in [1.82, 2.24) is 29.6 Å². The molecule has 12 nitrogen and oxygen atoms in total. The molecule has 7 rings (SSSR count). The number of halogens is 6. The maximum Gasteiger partial charge on any atom is 0.389 e. The van der Waals surface area contributed by atoms with Gasteiger partial charge in [0.1, 0.15) is 23.1 Å². The van der Waals surface area contributed by atoms with E-state index in [1.165, 1.54) is 17.9 Å². The number of aliphatic hydroxyl groups excluding tert-OH is 1. The number of aliphatic hydroxyl groups is 1. The predicted octanol–water partition coefficient (Wildman–Crippen LogP) is 7.51. The molecule has 342 valence electrons. The number of rotatable bonds is 11. The summed E-state index contributed by atoms with van der Waals surface area (Å²) in [5, 5.41) is 13.8. The van der Waals surface area contributed by atoms with Gasteiger partial charge in [0.05, 0.1) is 61.4 Å². The summed E-state index contributed by atoms with van der Waals surface area (Å²) in [6.07, 6.45) is -4.33. The van der Waals surface area contributed by atoms with Gasteiger partial charge in [0.2, 0.25) is 17.7 Å². The van der Waals surface area contributed by atoms with Crippen molar-refractivity contribution < 1.29 is 46.6 Å². The molecule has 0 spiro atoms. The van der Waals surface area contributed by atoms with E-state index < -0.39 is 91.3 Å². The lowest BCUT2D eigenvalue weighted by Gasteiger charge is -2.45. The zero-order valence-corrected chi connectivity index (χ0v) is 37.0. The molecule has 4 atom stereocenters. The van der Waals surface area contributed by atoms with Gasteiger partial charge in [-0.2, -0.15) is 13.2 Å². The minimum absolute atomic E-state index is 0.0567. The molecular weight excluding hydrogens is 879 g/mol. The predicted molar refractivity (Wildman–Crippen MR) is 231 cm³/mol. The number of ether oxygens (including phenoxy) is 1. The number of ketones is 1. The Hall–Kier alpha value is -5.03. The Bertz CT molecular complexity index is 2360. The van der Waals surface area contributed by atoms with Crippen LogP contribution in [0.25, 0.3) is 11.3 Å². The quantitative estimate of drug-likeness (QED) is 0.148. The fourth-order valence-electron chi connectivity index (χ4n) is 8.77. The molecule has 0 aliphatic carbocycles. The molecule has 3 fully saturated rings. The number of likely N-dealkylation sites (tertiary alicyclic amines) is 1. The lowest BCUT2D eigenvalue weighted by Crippen LogP contribution is -2.63. The van der Waals surface area contributed by atoms with Crippen LogP contribution in [0.5, 0.6) is 11.5 Å². The van der Waals surface area contributed by atoms with Crippen LogP contribution in [0.1, 0.15) is 62.4 Å². The third-order valence-electron chi connectivity index (χ3n) is 12.5. The number of alkyl halides is 3. The van der Waals surface area contributed by atoms with E-state index in [-0.39, 0.29) is 41.6 Å². The molecule has 2 N–H and O–H groups in total. The molecule has 3 aliphatic rings. The van der Waals surface area contributed by atoms with Crippen LogP contribution in [0.2, 0.25) is 10.0 Å². The molecule has 64 heavy (non-hydrogen) atoms. The van der Waals surface area contributed by atoms with Gasteiger partial charge < -0.3 is 29.5 Å². The number of hydrogen-bond donors (Lipinski definition) is 2. The Balaban J connectivity index is 1.19. The number of amides is 3. The van der Waals surface area contributed by atoms with Crippen molar-refractivity contribution in [3.63, 3.8) is 0 Å². The molecule has 1 aromatic heterocycles. The van der Waals surface area contributed by atoms with Crippen molar-refractivity contribution in [3.05, 3.63) is 99.7 Å². The van der Waals surface area contributed by atoms with Crippen LogP contribution in [0, 0.1) is 17.7 Å². The number of fused-ring (bicyclic) bond motifs is 2. The summed E-state index contributed by atoms with van der Waals surface area (Å²) in [6.45, 7) is 2.49. The number of nitrogens with one attached hydrogen (secondary N) is 1. The van der Waals surface area contributed by atoms with Crippen LogP contribution in [0.15, 0.2) is 66.9 Å². The third-order valence-corrected chi connectivity index (χ3v) is 13.0. The maximum atomic E-state index is 16.1. The first kappa shape index (κ1) is 46.9. The highest BCUT2D eigenvalue weighted by Gasteiger charge is 2.45. The normalized spacial score (nSPS) is 22.9. The van der Waals surface area contributed by atoms with E-state index in [1.54, 1.807) is 54.7 Å². The number of aromatic nitrogens is 2. The van der Waals surface area contributed by atoms with Crippen LogP contribution in [-0.4, -0.2) is 103 Å². The Kier molecular flexibility index (Phi) is 14.4. The van der Waals surface area contributed by atoms with Crippen LogP contribution >= 0.6 is 23.2 Å². The topological polar surface area (TPSA) is 137 Å². The average molecular weight is 930 g/mol. The monoisotopic (exact) mass is 928 g/mol. The number of benzene rings is 3. The number of carbonyl (C=O) groups excluding carboxylic acids is 4. The summed E-state index contributed by atoms with van der Waals surface area (Å²) in [5.41, 5.74) is 0.962. The summed E-state index contributed by atoms with van der Waals surface area (Å²) >= 11 is 12.4. The molecule has 18 heteroatoms. The van der Waals surface area contributed by atoms with Crippen LogP contribution in [0.3, 0.4) is 0 Å². The summed E-state index contributed by atoms with van der Waals surface area (Å²) in [5.74, 6) is -6.56. The minimum Gasteiger partial charge on any atom is -0.457 e. The van der Waals surface area contributed by atoms with Crippen molar-refractivity contribution in [3.8, 4) is 22.8 Å². The van der Waals surface area contributed by atoms with E-state index in [0.717, 1.165) is 54.1 Å². The average Bonchev–Trinajstić information content (AvgIpc) is 3.59. The first-order valence-corrected chi connectivity index (χ1v) is 22.0.